The average molecular weight is 334 g/mol. The molecule has 0 amide bonds. The Bertz CT molecular complexity index is 650. The highest BCUT2D eigenvalue weighted by Crippen LogP contribution is 2.29. The molecule has 0 radical (unpaired) electrons. The Morgan fingerprint density at radius 1 is 1.30 bits per heavy atom. The van der Waals surface area contributed by atoms with Crippen molar-refractivity contribution in [2.45, 2.75) is 13.8 Å². The van der Waals surface area contributed by atoms with Gasteiger partial charge in [0.15, 0.2) is 18.1 Å². The summed E-state index contributed by atoms with van der Waals surface area (Å²) < 4.78 is 15.7. The smallest absolute Gasteiger partial charge is 0.344 e. The Kier molecular flexibility index (Phi) is 7.57. The van der Waals surface area contributed by atoms with Crippen LogP contribution in [0.2, 0.25) is 0 Å². The predicted molar refractivity (Wildman–Crippen MR) is 90.1 cm³/mol. The number of nitrogens with zero attached hydrogens (tertiary/aromatic N) is 1. The van der Waals surface area contributed by atoms with E-state index in [1.807, 2.05) is 13.0 Å². The van der Waals surface area contributed by atoms with E-state index in [0.29, 0.717) is 30.3 Å². The SMILES string of the molecule is CCOC(=O)COc1ccc(/C=C(/C#N)C(N)=S)cc1OCC. The number of thiocarbonyl (C=S) groups is 1. The number of hydrogen-bond donors (Lipinski definition) is 1. The lowest BCUT2D eigenvalue weighted by Crippen LogP contribution is -2.15. The highest BCUT2D eigenvalue weighted by atomic mass is 32.1. The van der Waals surface area contributed by atoms with E-state index >= 15 is 0 Å². The molecule has 1 aromatic carbocycles. The third-order valence-electron chi connectivity index (χ3n) is 2.62. The minimum atomic E-state index is -0.459. The summed E-state index contributed by atoms with van der Waals surface area (Å²) in [6, 6.07) is 6.96. The highest BCUT2D eigenvalue weighted by Gasteiger charge is 2.10. The molecule has 2 N–H and O–H groups in total. The van der Waals surface area contributed by atoms with Crippen LogP contribution < -0.4 is 15.2 Å². The lowest BCUT2D eigenvalue weighted by atomic mass is 10.1. The predicted octanol–water partition coefficient (Wildman–Crippen LogP) is 2.22. The fourth-order valence-electron chi connectivity index (χ4n) is 1.67. The maximum atomic E-state index is 11.3. The monoisotopic (exact) mass is 334 g/mol. The maximum Gasteiger partial charge on any atom is 0.344 e. The zero-order chi connectivity index (χ0) is 17.2. The van der Waals surface area contributed by atoms with Gasteiger partial charge in [-0.15, -0.1) is 0 Å². The summed E-state index contributed by atoms with van der Waals surface area (Å²) in [4.78, 5) is 11.4. The normalized spacial score (nSPS) is 10.6. The van der Waals surface area contributed by atoms with Crippen LogP contribution in [-0.4, -0.2) is 30.8 Å². The number of carbonyl (C=O) groups is 1. The number of ether oxygens (including phenoxy) is 3. The van der Waals surface area contributed by atoms with Crippen LogP contribution in [-0.2, 0) is 9.53 Å². The molecule has 23 heavy (non-hydrogen) atoms. The number of carbonyl (C=O) groups excluding carboxylic acids is 1. The molecule has 0 aliphatic heterocycles. The van der Waals surface area contributed by atoms with Crippen molar-refractivity contribution in [2.75, 3.05) is 19.8 Å². The van der Waals surface area contributed by atoms with Crippen LogP contribution >= 0.6 is 12.2 Å². The number of rotatable bonds is 8. The molecule has 0 unspecified atom stereocenters. The second kappa shape index (κ2) is 9.43. The Balaban J connectivity index is 3.00. The van der Waals surface area contributed by atoms with Crippen LogP contribution in [0.1, 0.15) is 19.4 Å². The summed E-state index contributed by atoms with van der Waals surface area (Å²) in [6.45, 7) is 4.05. The zero-order valence-electron chi connectivity index (χ0n) is 13.0. The van der Waals surface area contributed by atoms with Gasteiger partial charge in [0.2, 0.25) is 0 Å². The van der Waals surface area contributed by atoms with Gasteiger partial charge >= 0.3 is 5.97 Å². The first kappa shape index (κ1) is 18.5. The van der Waals surface area contributed by atoms with Crippen molar-refractivity contribution in [3.8, 4) is 17.6 Å². The lowest BCUT2D eigenvalue weighted by molar-refractivity contribution is -0.145. The molecule has 0 heterocycles. The van der Waals surface area contributed by atoms with Crippen LogP contribution in [0.15, 0.2) is 23.8 Å². The van der Waals surface area contributed by atoms with E-state index in [-0.39, 0.29) is 17.2 Å². The molecule has 0 aromatic heterocycles. The first-order valence-electron chi connectivity index (χ1n) is 6.98. The summed E-state index contributed by atoms with van der Waals surface area (Å²) in [5.41, 5.74) is 6.34. The summed E-state index contributed by atoms with van der Waals surface area (Å²) >= 11 is 4.80. The molecule has 0 fully saturated rings. The van der Waals surface area contributed by atoms with Gasteiger partial charge in [-0.3, -0.25) is 0 Å². The van der Waals surface area contributed by atoms with Crippen molar-refractivity contribution in [3.05, 3.63) is 29.3 Å². The molecule has 0 spiro atoms. The fraction of sp³-hybridized carbons (Fsp3) is 0.312. The largest absolute Gasteiger partial charge is 0.490 e. The maximum absolute atomic E-state index is 11.3. The van der Waals surface area contributed by atoms with Crippen molar-refractivity contribution >= 4 is 29.3 Å². The fourth-order valence-corrected chi connectivity index (χ4v) is 1.77. The molecule has 0 aliphatic rings. The average Bonchev–Trinajstić information content (AvgIpc) is 2.52. The molecular weight excluding hydrogens is 316 g/mol. The molecule has 0 aliphatic carbocycles. The van der Waals surface area contributed by atoms with Gasteiger partial charge in [0.05, 0.1) is 18.8 Å². The van der Waals surface area contributed by atoms with Gasteiger partial charge in [0.1, 0.15) is 11.1 Å². The Labute approximate surface area is 140 Å². The van der Waals surface area contributed by atoms with Crippen molar-refractivity contribution in [3.63, 3.8) is 0 Å². The van der Waals surface area contributed by atoms with Crippen LogP contribution in [0.4, 0.5) is 0 Å². The van der Waals surface area contributed by atoms with Crippen molar-refractivity contribution in [2.24, 2.45) is 5.73 Å². The van der Waals surface area contributed by atoms with E-state index < -0.39 is 5.97 Å². The number of hydrogen-bond acceptors (Lipinski definition) is 6. The molecule has 6 nitrogen and oxygen atoms in total. The van der Waals surface area contributed by atoms with Gasteiger partial charge in [-0.25, -0.2) is 4.79 Å². The van der Waals surface area contributed by atoms with Crippen LogP contribution in [0, 0.1) is 11.3 Å². The molecule has 0 saturated carbocycles. The highest BCUT2D eigenvalue weighted by molar-refractivity contribution is 7.80. The number of esters is 1. The van der Waals surface area contributed by atoms with E-state index in [1.54, 1.807) is 31.2 Å². The van der Waals surface area contributed by atoms with Gasteiger partial charge in [0.25, 0.3) is 0 Å². The number of nitriles is 1. The van der Waals surface area contributed by atoms with E-state index in [9.17, 15) is 4.79 Å². The molecule has 1 rings (SSSR count). The van der Waals surface area contributed by atoms with Gasteiger partial charge < -0.3 is 19.9 Å². The van der Waals surface area contributed by atoms with Gasteiger partial charge in [-0.05, 0) is 37.6 Å². The summed E-state index contributed by atoms with van der Waals surface area (Å²) in [6.07, 6.45) is 1.56. The van der Waals surface area contributed by atoms with E-state index in [0.717, 1.165) is 0 Å². The Morgan fingerprint density at radius 2 is 2.04 bits per heavy atom. The minimum Gasteiger partial charge on any atom is -0.490 e. The quantitative estimate of drug-likeness (QED) is 0.337. The van der Waals surface area contributed by atoms with Gasteiger partial charge in [-0.2, -0.15) is 5.26 Å². The number of benzene rings is 1. The summed E-state index contributed by atoms with van der Waals surface area (Å²) in [5.74, 6) is 0.399. The number of nitrogens with two attached hydrogens (primary N) is 1. The minimum absolute atomic E-state index is 0.0214. The van der Waals surface area contributed by atoms with Crippen LogP contribution in [0.5, 0.6) is 11.5 Å². The van der Waals surface area contributed by atoms with Crippen molar-refractivity contribution in [1.82, 2.24) is 0 Å². The first-order valence-corrected chi connectivity index (χ1v) is 7.39. The molecule has 122 valence electrons. The van der Waals surface area contributed by atoms with E-state index in [1.165, 1.54) is 0 Å². The Hall–Kier alpha value is -2.59. The zero-order valence-corrected chi connectivity index (χ0v) is 13.8. The van der Waals surface area contributed by atoms with Gasteiger partial charge in [0, 0.05) is 0 Å². The van der Waals surface area contributed by atoms with E-state index in [2.05, 4.69) is 0 Å². The van der Waals surface area contributed by atoms with Crippen LogP contribution in [0.3, 0.4) is 0 Å². The molecule has 7 heteroatoms. The third-order valence-corrected chi connectivity index (χ3v) is 2.84. The van der Waals surface area contributed by atoms with Crippen molar-refractivity contribution in [1.29, 1.82) is 5.26 Å². The topological polar surface area (TPSA) is 94.6 Å². The standard InChI is InChI=1S/C16H18N2O4S/c1-3-20-14-8-11(7-12(9-17)16(18)23)5-6-13(14)22-10-15(19)21-4-2/h5-8H,3-4,10H2,1-2H3,(H2,18,23)/b12-7-. The Morgan fingerprint density at radius 3 is 2.61 bits per heavy atom. The van der Waals surface area contributed by atoms with E-state index in [4.69, 9.17) is 37.4 Å². The lowest BCUT2D eigenvalue weighted by Gasteiger charge is -2.12. The summed E-state index contributed by atoms with van der Waals surface area (Å²) in [7, 11) is 0. The second-order valence-electron chi connectivity index (χ2n) is 4.27. The molecule has 0 atom stereocenters. The van der Waals surface area contributed by atoms with Gasteiger partial charge in [-0.1, -0.05) is 18.3 Å². The second-order valence-corrected chi connectivity index (χ2v) is 4.71. The molecule has 0 saturated heterocycles. The molecular formula is C16H18N2O4S. The molecule has 1 aromatic rings. The molecule has 0 bridgehead atoms. The summed E-state index contributed by atoms with van der Waals surface area (Å²) in [5, 5.41) is 8.99. The third kappa shape index (κ3) is 5.96. The van der Waals surface area contributed by atoms with Crippen LogP contribution in [0.25, 0.3) is 6.08 Å². The first-order chi connectivity index (χ1) is 11.0. The van der Waals surface area contributed by atoms with Crippen molar-refractivity contribution < 1.29 is 19.0 Å².